The van der Waals surface area contributed by atoms with Gasteiger partial charge in [-0.25, -0.2) is 0 Å². The molecule has 2 nitrogen and oxygen atoms in total. The van der Waals surface area contributed by atoms with Gasteiger partial charge >= 0.3 is 0 Å². The Morgan fingerprint density at radius 1 is 1.12 bits per heavy atom. The highest BCUT2D eigenvalue weighted by molar-refractivity contribution is 8.00. The summed E-state index contributed by atoms with van der Waals surface area (Å²) in [5, 5.41) is 0.375. The Labute approximate surface area is 99.3 Å². The molecule has 1 unspecified atom stereocenters. The van der Waals surface area contributed by atoms with Crippen LogP contribution in [0.25, 0.3) is 0 Å². The molecule has 3 rings (SSSR count). The summed E-state index contributed by atoms with van der Waals surface area (Å²) in [6.45, 7) is 0. The normalized spacial score (nSPS) is 18.6. The maximum absolute atomic E-state index is 4.06. The predicted octanol–water partition coefficient (Wildman–Crippen LogP) is 3.32. The fraction of sp³-hybridized carbons (Fsp3) is 0.154. The number of thioether (sulfide) groups is 1. The zero-order chi connectivity index (χ0) is 11.0. The molecule has 1 aliphatic heterocycles. The van der Waals surface area contributed by atoms with E-state index >= 15 is 0 Å². The number of pyridine rings is 1. The summed E-state index contributed by atoms with van der Waals surface area (Å²) >= 11 is 1.90. The van der Waals surface area contributed by atoms with Crippen molar-refractivity contribution in [3.8, 4) is 0 Å². The topological polar surface area (TPSA) is 16.1 Å². The SMILES string of the molecule is CN1c2ccccc2SC1c1ccncc1. The van der Waals surface area contributed by atoms with Crippen molar-refractivity contribution in [2.24, 2.45) is 0 Å². The van der Waals surface area contributed by atoms with Crippen molar-refractivity contribution in [3.63, 3.8) is 0 Å². The third-order valence-electron chi connectivity index (χ3n) is 2.83. The molecule has 0 radical (unpaired) electrons. The number of rotatable bonds is 1. The van der Waals surface area contributed by atoms with Gasteiger partial charge in [0.2, 0.25) is 0 Å². The standard InChI is InChI=1S/C13H12N2S/c1-15-11-4-2-3-5-12(11)16-13(15)10-6-8-14-9-7-10/h2-9,13H,1H3. The average molecular weight is 228 g/mol. The van der Waals surface area contributed by atoms with Crippen LogP contribution in [0, 0.1) is 0 Å². The molecule has 1 aromatic heterocycles. The smallest absolute Gasteiger partial charge is 0.105 e. The molecule has 0 bridgehead atoms. The van der Waals surface area contributed by atoms with Gasteiger partial charge in [-0.3, -0.25) is 4.98 Å². The second-order valence-corrected chi connectivity index (χ2v) is 4.95. The van der Waals surface area contributed by atoms with E-state index in [0.29, 0.717) is 5.37 Å². The number of fused-ring (bicyclic) bond motifs is 1. The molecule has 1 atom stereocenters. The van der Waals surface area contributed by atoms with E-state index in [-0.39, 0.29) is 0 Å². The zero-order valence-corrected chi connectivity index (χ0v) is 9.82. The van der Waals surface area contributed by atoms with E-state index in [1.807, 2.05) is 24.2 Å². The second kappa shape index (κ2) is 3.83. The first-order chi connectivity index (χ1) is 7.86. The van der Waals surface area contributed by atoms with Crippen molar-refractivity contribution in [1.82, 2.24) is 4.98 Å². The third-order valence-corrected chi connectivity index (χ3v) is 4.24. The molecule has 16 heavy (non-hydrogen) atoms. The summed E-state index contributed by atoms with van der Waals surface area (Å²) in [6, 6.07) is 12.7. The minimum Gasteiger partial charge on any atom is -0.357 e. The molecule has 1 aromatic carbocycles. The van der Waals surface area contributed by atoms with Crippen LogP contribution in [-0.4, -0.2) is 12.0 Å². The number of benzene rings is 1. The van der Waals surface area contributed by atoms with Crippen LogP contribution in [0.2, 0.25) is 0 Å². The van der Waals surface area contributed by atoms with Crippen molar-refractivity contribution in [2.75, 3.05) is 11.9 Å². The average Bonchev–Trinajstić information content (AvgIpc) is 2.69. The highest BCUT2D eigenvalue weighted by Crippen LogP contribution is 2.49. The lowest BCUT2D eigenvalue weighted by atomic mass is 10.2. The van der Waals surface area contributed by atoms with Gasteiger partial charge in [0.1, 0.15) is 5.37 Å². The monoisotopic (exact) mass is 228 g/mol. The van der Waals surface area contributed by atoms with E-state index in [2.05, 4.69) is 53.3 Å². The predicted molar refractivity (Wildman–Crippen MR) is 67.7 cm³/mol. The van der Waals surface area contributed by atoms with Gasteiger partial charge in [-0.15, -0.1) is 0 Å². The number of nitrogens with zero attached hydrogens (tertiary/aromatic N) is 2. The van der Waals surface area contributed by atoms with E-state index < -0.39 is 0 Å². The van der Waals surface area contributed by atoms with E-state index in [9.17, 15) is 0 Å². The Kier molecular flexibility index (Phi) is 2.33. The molecule has 3 heteroatoms. The maximum Gasteiger partial charge on any atom is 0.105 e. The minimum absolute atomic E-state index is 0.375. The second-order valence-electron chi connectivity index (χ2n) is 3.83. The summed E-state index contributed by atoms with van der Waals surface area (Å²) in [7, 11) is 2.14. The molecule has 0 saturated heterocycles. The van der Waals surface area contributed by atoms with Crippen LogP contribution in [-0.2, 0) is 0 Å². The molecule has 80 valence electrons. The summed E-state index contributed by atoms with van der Waals surface area (Å²) in [6.07, 6.45) is 3.71. The molecule has 0 spiro atoms. The highest BCUT2D eigenvalue weighted by Gasteiger charge is 2.27. The first kappa shape index (κ1) is 9.73. The lowest BCUT2D eigenvalue weighted by Crippen LogP contribution is -2.16. The maximum atomic E-state index is 4.06. The fourth-order valence-electron chi connectivity index (χ4n) is 1.99. The summed E-state index contributed by atoms with van der Waals surface area (Å²) in [5.41, 5.74) is 2.62. The van der Waals surface area contributed by atoms with Crippen molar-refractivity contribution in [2.45, 2.75) is 10.3 Å². The number of hydrogen-bond donors (Lipinski definition) is 0. The molecular weight excluding hydrogens is 216 g/mol. The van der Waals surface area contributed by atoms with Gasteiger partial charge in [-0.05, 0) is 29.8 Å². The van der Waals surface area contributed by atoms with E-state index in [4.69, 9.17) is 0 Å². The molecule has 0 fully saturated rings. The minimum atomic E-state index is 0.375. The van der Waals surface area contributed by atoms with Crippen LogP contribution in [0.1, 0.15) is 10.9 Å². The van der Waals surface area contributed by atoms with Crippen LogP contribution in [0.5, 0.6) is 0 Å². The molecule has 2 aromatic rings. The van der Waals surface area contributed by atoms with Crippen molar-refractivity contribution < 1.29 is 0 Å². The fourth-order valence-corrected chi connectivity index (χ4v) is 3.29. The Balaban J connectivity index is 1.99. The largest absolute Gasteiger partial charge is 0.357 e. The van der Waals surface area contributed by atoms with Crippen molar-refractivity contribution >= 4 is 17.4 Å². The molecule has 1 aliphatic rings. The Morgan fingerprint density at radius 2 is 1.88 bits per heavy atom. The zero-order valence-electron chi connectivity index (χ0n) is 9.00. The number of para-hydroxylation sites is 1. The Bertz CT molecular complexity index is 498. The van der Waals surface area contributed by atoms with Gasteiger partial charge in [0, 0.05) is 24.3 Å². The lowest BCUT2D eigenvalue weighted by Gasteiger charge is -2.21. The van der Waals surface area contributed by atoms with E-state index in [0.717, 1.165) is 0 Å². The molecule has 0 amide bonds. The van der Waals surface area contributed by atoms with Gasteiger partial charge < -0.3 is 4.90 Å². The van der Waals surface area contributed by atoms with E-state index in [1.54, 1.807) is 0 Å². The van der Waals surface area contributed by atoms with Gasteiger partial charge in [0.25, 0.3) is 0 Å². The molecular formula is C13H12N2S. The molecule has 0 aliphatic carbocycles. The first-order valence-electron chi connectivity index (χ1n) is 5.25. The molecule has 0 N–H and O–H groups in total. The van der Waals surface area contributed by atoms with Crippen molar-refractivity contribution in [3.05, 3.63) is 54.4 Å². The third kappa shape index (κ3) is 1.48. The Morgan fingerprint density at radius 3 is 2.62 bits per heavy atom. The van der Waals surface area contributed by atoms with Gasteiger partial charge in [0.05, 0.1) is 5.69 Å². The highest BCUT2D eigenvalue weighted by atomic mass is 32.2. The summed E-state index contributed by atoms with van der Waals surface area (Å²) < 4.78 is 0. The quantitative estimate of drug-likeness (QED) is 0.745. The Hall–Kier alpha value is -1.48. The summed E-state index contributed by atoms with van der Waals surface area (Å²) in [4.78, 5) is 7.73. The van der Waals surface area contributed by atoms with Crippen LogP contribution in [0.3, 0.4) is 0 Å². The van der Waals surface area contributed by atoms with Gasteiger partial charge in [-0.2, -0.15) is 0 Å². The summed E-state index contributed by atoms with van der Waals surface area (Å²) in [5.74, 6) is 0. The van der Waals surface area contributed by atoms with Crippen LogP contribution < -0.4 is 4.90 Å². The molecule has 0 saturated carbocycles. The van der Waals surface area contributed by atoms with Gasteiger partial charge in [-0.1, -0.05) is 23.9 Å². The van der Waals surface area contributed by atoms with Crippen LogP contribution in [0.4, 0.5) is 5.69 Å². The first-order valence-corrected chi connectivity index (χ1v) is 6.12. The van der Waals surface area contributed by atoms with Crippen molar-refractivity contribution in [1.29, 1.82) is 0 Å². The molecule has 2 heterocycles. The number of aromatic nitrogens is 1. The van der Waals surface area contributed by atoms with Gasteiger partial charge in [0.15, 0.2) is 0 Å². The lowest BCUT2D eigenvalue weighted by molar-refractivity contribution is 0.910. The number of anilines is 1. The van der Waals surface area contributed by atoms with Crippen LogP contribution in [0.15, 0.2) is 53.7 Å². The van der Waals surface area contributed by atoms with Crippen LogP contribution >= 0.6 is 11.8 Å². The van der Waals surface area contributed by atoms with E-state index in [1.165, 1.54) is 16.1 Å². The number of hydrogen-bond acceptors (Lipinski definition) is 3.